The Bertz CT molecular complexity index is 770. The van der Waals surface area contributed by atoms with Crippen molar-refractivity contribution in [2.24, 2.45) is 0 Å². The highest BCUT2D eigenvalue weighted by Crippen LogP contribution is 2.38. The molecule has 0 fully saturated rings. The first-order valence-corrected chi connectivity index (χ1v) is 6.38. The van der Waals surface area contributed by atoms with Crippen molar-refractivity contribution in [3.8, 4) is 11.5 Å². The summed E-state index contributed by atoms with van der Waals surface area (Å²) < 4.78 is 5.49. The molecule has 5 N–H and O–H groups in total. The monoisotopic (exact) mass is 304 g/mol. The molecule has 0 radical (unpaired) electrons. The van der Waals surface area contributed by atoms with Gasteiger partial charge in [0.1, 0.15) is 11.9 Å². The van der Waals surface area contributed by atoms with E-state index in [0.29, 0.717) is 0 Å². The second-order valence-corrected chi connectivity index (χ2v) is 4.96. The maximum absolute atomic E-state index is 12.2. The molecule has 7 nitrogen and oxygen atoms in total. The number of hydrogen-bond acceptors (Lipinski definition) is 7. The highest BCUT2D eigenvalue weighted by Gasteiger charge is 2.39. The van der Waals surface area contributed by atoms with Gasteiger partial charge >= 0.3 is 0 Å². The third-order valence-electron chi connectivity index (χ3n) is 3.47. The number of carbonyl (C=O) groups is 1. The Kier molecular flexibility index (Phi) is 2.98. The zero-order valence-electron chi connectivity index (χ0n) is 11.1. The number of allylic oxidation sites excluding steroid dienone is 2. The van der Waals surface area contributed by atoms with Crippen LogP contribution >= 0.6 is 0 Å². The zero-order valence-corrected chi connectivity index (χ0v) is 11.1. The summed E-state index contributed by atoms with van der Waals surface area (Å²) in [5, 5.41) is 48.1. The summed E-state index contributed by atoms with van der Waals surface area (Å²) in [6.45, 7) is 0. The van der Waals surface area contributed by atoms with Gasteiger partial charge in [0.25, 0.3) is 0 Å². The van der Waals surface area contributed by atoms with Gasteiger partial charge in [-0.25, -0.2) is 0 Å². The van der Waals surface area contributed by atoms with Crippen molar-refractivity contribution >= 4 is 11.5 Å². The lowest BCUT2D eigenvalue weighted by Crippen LogP contribution is -2.32. The fourth-order valence-corrected chi connectivity index (χ4v) is 2.41. The van der Waals surface area contributed by atoms with Crippen LogP contribution in [0.25, 0.3) is 5.76 Å². The van der Waals surface area contributed by atoms with Crippen LogP contribution < -0.4 is 0 Å². The topological polar surface area (TPSA) is 127 Å². The minimum absolute atomic E-state index is 0.0357. The minimum Gasteiger partial charge on any atom is -0.512 e. The van der Waals surface area contributed by atoms with Gasteiger partial charge in [-0.1, -0.05) is 0 Å². The molecule has 0 aromatic heterocycles. The largest absolute Gasteiger partial charge is 0.512 e. The van der Waals surface area contributed by atoms with E-state index in [1.807, 2.05) is 0 Å². The number of hydrogen-bond donors (Lipinski definition) is 5. The number of ketones is 1. The SMILES string of the molecule is O=C1C(O)=C(c2ccc(O)c(O)c2)OC2CC(O)=CC(O)=C12. The summed E-state index contributed by atoms with van der Waals surface area (Å²) in [5.74, 6) is -3.16. The molecule has 1 aliphatic carbocycles. The molecular weight excluding hydrogens is 292 g/mol. The molecule has 1 atom stereocenters. The molecular formula is C15H12O7. The van der Waals surface area contributed by atoms with Gasteiger partial charge in [0.05, 0.1) is 11.3 Å². The minimum atomic E-state index is -0.945. The van der Waals surface area contributed by atoms with Crippen molar-refractivity contribution in [2.75, 3.05) is 0 Å². The molecule has 1 aromatic rings. The predicted molar refractivity (Wildman–Crippen MR) is 74.2 cm³/mol. The van der Waals surface area contributed by atoms with Crippen molar-refractivity contribution in [3.05, 3.63) is 52.7 Å². The molecule has 3 rings (SSSR count). The smallest absolute Gasteiger partial charge is 0.234 e. The van der Waals surface area contributed by atoms with Crippen LogP contribution in [0, 0.1) is 0 Å². The van der Waals surface area contributed by atoms with Gasteiger partial charge in [0.2, 0.25) is 11.5 Å². The van der Waals surface area contributed by atoms with E-state index in [1.54, 1.807) is 0 Å². The van der Waals surface area contributed by atoms with Gasteiger partial charge in [0.15, 0.2) is 17.3 Å². The van der Waals surface area contributed by atoms with Gasteiger partial charge < -0.3 is 30.3 Å². The third-order valence-corrected chi connectivity index (χ3v) is 3.47. The lowest BCUT2D eigenvalue weighted by molar-refractivity contribution is -0.117. The molecule has 1 unspecified atom stereocenters. The van der Waals surface area contributed by atoms with E-state index in [4.69, 9.17) is 4.74 Å². The Morgan fingerprint density at radius 1 is 1.05 bits per heavy atom. The summed E-state index contributed by atoms with van der Waals surface area (Å²) in [6.07, 6.45) is 0.0448. The van der Waals surface area contributed by atoms with E-state index in [-0.39, 0.29) is 34.8 Å². The fraction of sp³-hybridized carbons (Fsp3) is 0.133. The Morgan fingerprint density at radius 2 is 1.77 bits per heavy atom. The lowest BCUT2D eigenvalue weighted by Gasteiger charge is -2.30. The van der Waals surface area contributed by atoms with Crippen molar-refractivity contribution in [2.45, 2.75) is 12.5 Å². The normalized spacial score (nSPS) is 21.4. The molecule has 2 aliphatic rings. The molecule has 0 spiro atoms. The van der Waals surface area contributed by atoms with E-state index >= 15 is 0 Å². The Morgan fingerprint density at radius 3 is 2.45 bits per heavy atom. The molecule has 1 aromatic carbocycles. The third kappa shape index (κ3) is 2.03. The van der Waals surface area contributed by atoms with Gasteiger partial charge in [-0.3, -0.25) is 4.79 Å². The number of benzene rings is 1. The van der Waals surface area contributed by atoms with Crippen LogP contribution in [0.2, 0.25) is 0 Å². The fourth-order valence-electron chi connectivity index (χ4n) is 2.41. The molecule has 1 aliphatic heterocycles. The molecule has 7 heteroatoms. The van der Waals surface area contributed by atoms with Crippen LogP contribution in [-0.4, -0.2) is 37.4 Å². The molecule has 0 saturated carbocycles. The Balaban J connectivity index is 2.10. The first kappa shape index (κ1) is 13.9. The molecule has 0 amide bonds. The molecule has 114 valence electrons. The first-order chi connectivity index (χ1) is 10.4. The van der Waals surface area contributed by atoms with E-state index in [2.05, 4.69) is 0 Å². The zero-order chi connectivity index (χ0) is 16.0. The number of phenolic OH excluding ortho intramolecular Hbond substituents is 2. The molecule has 0 saturated heterocycles. The van der Waals surface area contributed by atoms with Gasteiger partial charge in [0, 0.05) is 18.1 Å². The summed E-state index contributed by atoms with van der Waals surface area (Å²) in [5.41, 5.74) is 0.0378. The van der Waals surface area contributed by atoms with E-state index in [0.717, 1.165) is 12.1 Å². The number of aliphatic hydroxyl groups is 3. The van der Waals surface area contributed by atoms with Crippen LogP contribution in [0.4, 0.5) is 0 Å². The number of rotatable bonds is 1. The number of aliphatic hydroxyl groups excluding tert-OH is 3. The average Bonchev–Trinajstić information content (AvgIpc) is 2.45. The van der Waals surface area contributed by atoms with Crippen molar-refractivity contribution in [1.82, 2.24) is 0 Å². The highest BCUT2D eigenvalue weighted by molar-refractivity contribution is 6.13. The van der Waals surface area contributed by atoms with Crippen LogP contribution in [-0.2, 0) is 9.53 Å². The van der Waals surface area contributed by atoms with Gasteiger partial charge in [-0.2, -0.15) is 0 Å². The van der Waals surface area contributed by atoms with Crippen LogP contribution in [0.3, 0.4) is 0 Å². The molecule has 0 bridgehead atoms. The van der Waals surface area contributed by atoms with E-state index in [9.17, 15) is 30.3 Å². The number of phenols is 2. The number of aromatic hydroxyl groups is 2. The maximum Gasteiger partial charge on any atom is 0.234 e. The van der Waals surface area contributed by atoms with Crippen molar-refractivity contribution in [3.63, 3.8) is 0 Å². The lowest BCUT2D eigenvalue weighted by atomic mass is 9.91. The Labute approximate surface area is 124 Å². The van der Waals surface area contributed by atoms with Crippen LogP contribution in [0.5, 0.6) is 11.5 Å². The van der Waals surface area contributed by atoms with E-state index in [1.165, 1.54) is 12.1 Å². The van der Waals surface area contributed by atoms with Gasteiger partial charge in [-0.05, 0) is 18.2 Å². The van der Waals surface area contributed by atoms with Crippen LogP contribution in [0.15, 0.2) is 47.1 Å². The highest BCUT2D eigenvalue weighted by atomic mass is 16.5. The summed E-state index contributed by atoms with van der Waals surface area (Å²) in [7, 11) is 0. The van der Waals surface area contributed by atoms with Gasteiger partial charge in [-0.15, -0.1) is 0 Å². The van der Waals surface area contributed by atoms with Crippen molar-refractivity contribution in [1.29, 1.82) is 0 Å². The average molecular weight is 304 g/mol. The quantitative estimate of drug-likeness (QED) is 0.502. The van der Waals surface area contributed by atoms with Crippen LogP contribution in [0.1, 0.15) is 12.0 Å². The van der Waals surface area contributed by atoms with E-state index < -0.39 is 29.2 Å². The summed E-state index contributed by atoms with van der Waals surface area (Å²) in [4.78, 5) is 12.2. The number of carbonyl (C=O) groups excluding carboxylic acids is 1. The summed E-state index contributed by atoms with van der Waals surface area (Å²) in [6, 6.07) is 3.65. The second-order valence-electron chi connectivity index (χ2n) is 4.96. The standard InChI is InChI=1S/C15H12O7/c16-7-4-10(19)12-11(5-7)22-15(14(21)13(12)20)6-1-2-8(17)9(18)3-6/h1-4,11,16-19,21H,5H2. The van der Waals surface area contributed by atoms with Crippen molar-refractivity contribution < 1.29 is 35.1 Å². The number of ether oxygens (including phenoxy) is 1. The molecule has 1 heterocycles. The summed E-state index contributed by atoms with van der Waals surface area (Å²) >= 11 is 0. The number of Topliss-reactive ketones (excluding diaryl/α,β-unsaturated/α-hetero) is 1. The predicted octanol–water partition coefficient (Wildman–Crippen LogP) is 1.95. The molecule has 22 heavy (non-hydrogen) atoms. The second kappa shape index (κ2) is 4.73. The number of fused-ring (bicyclic) bond motifs is 1. The maximum atomic E-state index is 12.2. The Hall–Kier alpha value is -3.09. The first-order valence-electron chi connectivity index (χ1n) is 6.38.